The van der Waals surface area contributed by atoms with Gasteiger partial charge in [-0.2, -0.15) is 0 Å². The lowest BCUT2D eigenvalue weighted by molar-refractivity contribution is -0.136. The number of aromatic amines is 1. The smallest absolute Gasteiger partial charge is 0.305 e. The fraction of sp³-hybridized carbons (Fsp3) is 0.267. The van der Waals surface area contributed by atoms with Crippen molar-refractivity contribution >= 4 is 34.4 Å². The Kier molecular flexibility index (Phi) is 8.29. The van der Waals surface area contributed by atoms with E-state index in [0.717, 1.165) is 40.5 Å². The first kappa shape index (κ1) is 26.4. The molecule has 0 aliphatic heterocycles. The molecule has 2 unspecified atom stereocenters. The highest BCUT2D eigenvalue weighted by Crippen LogP contribution is 2.44. The molecule has 4 aromatic rings. The van der Waals surface area contributed by atoms with E-state index in [-0.39, 0.29) is 36.5 Å². The van der Waals surface area contributed by atoms with Crippen LogP contribution in [-0.4, -0.2) is 28.5 Å². The molecule has 192 valence electrons. The highest BCUT2D eigenvalue weighted by molar-refractivity contribution is 6.30. The number of aryl methyl sites for hydroxylation is 1. The number of rotatable bonds is 10. The van der Waals surface area contributed by atoms with Crippen LogP contribution in [0, 0.1) is 12.7 Å². The van der Waals surface area contributed by atoms with E-state index in [1.807, 2.05) is 55.6 Å². The number of carbonyl (C=O) groups is 2. The van der Waals surface area contributed by atoms with Gasteiger partial charge in [0.15, 0.2) is 0 Å². The van der Waals surface area contributed by atoms with Crippen molar-refractivity contribution in [3.05, 3.63) is 106 Å². The Hall–Kier alpha value is -3.64. The van der Waals surface area contributed by atoms with Crippen LogP contribution in [0.1, 0.15) is 70.6 Å². The van der Waals surface area contributed by atoms with Crippen molar-refractivity contribution in [2.24, 2.45) is 0 Å². The predicted octanol–water partition coefficient (Wildman–Crippen LogP) is 7.19. The zero-order valence-electron chi connectivity index (χ0n) is 20.9. The molecule has 0 saturated heterocycles. The second-order valence-electron chi connectivity index (χ2n) is 9.36. The van der Waals surface area contributed by atoms with Crippen LogP contribution >= 0.6 is 11.6 Å². The van der Waals surface area contributed by atoms with E-state index in [4.69, 9.17) is 16.7 Å². The molecule has 1 aromatic heterocycles. The monoisotopic (exact) mass is 520 g/mol. The van der Waals surface area contributed by atoms with Crippen LogP contribution in [0.2, 0.25) is 5.02 Å². The molecule has 0 bridgehead atoms. The van der Waals surface area contributed by atoms with Crippen molar-refractivity contribution in [1.82, 2.24) is 10.3 Å². The summed E-state index contributed by atoms with van der Waals surface area (Å²) in [6.07, 6.45) is 3.58. The van der Waals surface area contributed by atoms with E-state index in [1.165, 1.54) is 6.07 Å². The van der Waals surface area contributed by atoms with Crippen molar-refractivity contribution in [3.63, 3.8) is 0 Å². The number of nitrogens with one attached hydrogen (secondary N) is 2. The molecule has 0 saturated carbocycles. The second-order valence-corrected chi connectivity index (χ2v) is 9.80. The molecule has 0 aliphatic rings. The van der Waals surface area contributed by atoms with Crippen molar-refractivity contribution < 1.29 is 19.1 Å². The van der Waals surface area contributed by atoms with Crippen molar-refractivity contribution in [3.8, 4) is 0 Å². The lowest BCUT2D eigenvalue weighted by atomic mass is 9.75. The van der Waals surface area contributed by atoms with Crippen LogP contribution in [0.25, 0.3) is 10.9 Å². The van der Waals surface area contributed by atoms with E-state index >= 15 is 0 Å². The number of aliphatic carboxylic acids is 1. The Bertz CT molecular complexity index is 1400. The minimum absolute atomic E-state index is 0.0536. The largest absolute Gasteiger partial charge is 0.481 e. The van der Waals surface area contributed by atoms with Gasteiger partial charge < -0.3 is 15.4 Å². The Morgan fingerprint density at radius 3 is 2.38 bits per heavy atom. The quantitative estimate of drug-likeness (QED) is 0.207. The summed E-state index contributed by atoms with van der Waals surface area (Å²) in [6, 6.07) is 18.8. The van der Waals surface area contributed by atoms with Crippen LogP contribution in [0.4, 0.5) is 4.39 Å². The number of H-pyrrole nitrogens is 1. The Morgan fingerprint density at radius 1 is 1.05 bits per heavy atom. The van der Waals surface area contributed by atoms with Crippen LogP contribution < -0.4 is 5.32 Å². The van der Waals surface area contributed by atoms with Gasteiger partial charge in [-0.15, -0.1) is 0 Å². The van der Waals surface area contributed by atoms with Gasteiger partial charge in [-0.25, -0.2) is 4.39 Å². The van der Waals surface area contributed by atoms with Gasteiger partial charge in [-0.05, 0) is 77.9 Å². The number of carbonyl (C=O) groups excluding carboxylic acids is 1. The molecule has 7 heteroatoms. The fourth-order valence-electron chi connectivity index (χ4n) is 5.00. The van der Waals surface area contributed by atoms with Gasteiger partial charge >= 0.3 is 5.97 Å². The highest BCUT2D eigenvalue weighted by atomic mass is 35.5. The van der Waals surface area contributed by atoms with Crippen molar-refractivity contribution in [1.29, 1.82) is 0 Å². The SMILES string of the molecule is CCCC(c1ccc(C(=O)NCCC(=O)O)cc1)C(c1ccc(Cl)cc1)c1c[nH]c2c(F)cc(C)cc12. The standard InChI is InChI=1S/C30H30ClFN2O3/c1-3-4-23(19-5-7-21(8-6-19)30(37)33-14-13-27(35)36)28(20-9-11-22(31)12-10-20)25-17-34-29-24(25)15-18(2)16-26(29)32/h5-12,15-17,23,28,34H,3-4,13-14H2,1-2H3,(H,33,37)(H,35,36). The van der Waals surface area contributed by atoms with Gasteiger partial charge in [0.05, 0.1) is 11.9 Å². The van der Waals surface area contributed by atoms with Gasteiger partial charge in [0.1, 0.15) is 5.82 Å². The van der Waals surface area contributed by atoms with Gasteiger partial charge in [0, 0.05) is 34.6 Å². The molecule has 1 heterocycles. The van der Waals surface area contributed by atoms with E-state index in [2.05, 4.69) is 17.2 Å². The molecule has 2 atom stereocenters. The van der Waals surface area contributed by atoms with Crippen LogP contribution in [-0.2, 0) is 4.79 Å². The summed E-state index contributed by atoms with van der Waals surface area (Å²) in [5, 5.41) is 12.9. The average Bonchev–Trinajstić information content (AvgIpc) is 3.28. The number of carboxylic acids is 1. The highest BCUT2D eigenvalue weighted by Gasteiger charge is 2.29. The van der Waals surface area contributed by atoms with Crippen LogP contribution in [0.15, 0.2) is 66.9 Å². The lowest BCUT2D eigenvalue weighted by Gasteiger charge is -2.28. The normalized spacial score (nSPS) is 12.9. The third-order valence-electron chi connectivity index (χ3n) is 6.71. The van der Waals surface area contributed by atoms with E-state index in [9.17, 15) is 14.0 Å². The third-order valence-corrected chi connectivity index (χ3v) is 6.96. The maximum absolute atomic E-state index is 14.8. The Labute approximate surface area is 220 Å². The molecule has 0 spiro atoms. The number of carboxylic acid groups (broad SMARTS) is 1. The number of halogens is 2. The van der Waals surface area contributed by atoms with E-state index in [0.29, 0.717) is 16.1 Å². The maximum Gasteiger partial charge on any atom is 0.305 e. The van der Waals surface area contributed by atoms with Gasteiger partial charge in [0.2, 0.25) is 0 Å². The average molecular weight is 521 g/mol. The topological polar surface area (TPSA) is 82.2 Å². The molecular weight excluding hydrogens is 491 g/mol. The summed E-state index contributed by atoms with van der Waals surface area (Å²) >= 11 is 6.21. The fourth-order valence-corrected chi connectivity index (χ4v) is 5.13. The Morgan fingerprint density at radius 2 is 1.73 bits per heavy atom. The summed E-state index contributed by atoms with van der Waals surface area (Å²) in [4.78, 5) is 26.3. The first-order valence-corrected chi connectivity index (χ1v) is 12.8. The molecule has 3 N–H and O–H groups in total. The first-order valence-electron chi connectivity index (χ1n) is 12.4. The van der Waals surface area contributed by atoms with Crippen molar-refractivity contribution in [2.75, 3.05) is 6.54 Å². The van der Waals surface area contributed by atoms with Crippen LogP contribution in [0.5, 0.6) is 0 Å². The zero-order valence-corrected chi connectivity index (χ0v) is 21.6. The van der Waals surface area contributed by atoms with E-state index in [1.54, 1.807) is 12.1 Å². The molecule has 5 nitrogen and oxygen atoms in total. The summed E-state index contributed by atoms with van der Waals surface area (Å²) in [5.74, 6) is -1.57. The van der Waals surface area contributed by atoms with Gasteiger partial charge in [-0.1, -0.05) is 49.2 Å². The number of hydrogen-bond acceptors (Lipinski definition) is 2. The van der Waals surface area contributed by atoms with Gasteiger partial charge in [-0.3, -0.25) is 9.59 Å². The third kappa shape index (κ3) is 6.03. The Balaban J connectivity index is 1.76. The first-order chi connectivity index (χ1) is 17.8. The zero-order chi connectivity index (χ0) is 26.5. The predicted molar refractivity (Wildman–Crippen MR) is 145 cm³/mol. The molecule has 3 aromatic carbocycles. The minimum atomic E-state index is -0.960. The molecule has 4 rings (SSSR count). The number of fused-ring (bicyclic) bond motifs is 1. The van der Waals surface area contributed by atoms with Crippen LogP contribution in [0.3, 0.4) is 0 Å². The molecule has 37 heavy (non-hydrogen) atoms. The summed E-state index contributed by atoms with van der Waals surface area (Å²) < 4.78 is 14.8. The van der Waals surface area contributed by atoms with Crippen molar-refractivity contribution in [2.45, 2.75) is 44.9 Å². The molecular formula is C30H30ClFN2O3. The molecule has 0 fully saturated rings. The minimum Gasteiger partial charge on any atom is -0.481 e. The number of hydrogen-bond donors (Lipinski definition) is 3. The van der Waals surface area contributed by atoms with Gasteiger partial charge in [0.25, 0.3) is 5.91 Å². The molecule has 1 amide bonds. The summed E-state index contributed by atoms with van der Waals surface area (Å²) in [6.45, 7) is 4.10. The number of benzene rings is 3. The maximum atomic E-state index is 14.8. The molecule has 0 radical (unpaired) electrons. The lowest BCUT2D eigenvalue weighted by Crippen LogP contribution is -2.26. The number of amides is 1. The summed E-state index contributed by atoms with van der Waals surface area (Å²) in [5.41, 5.74) is 4.95. The summed E-state index contributed by atoms with van der Waals surface area (Å²) in [7, 11) is 0. The molecule has 0 aliphatic carbocycles. The second kappa shape index (κ2) is 11.6. The number of aromatic nitrogens is 1. The van der Waals surface area contributed by atoms with E-state index < -0.39 is 5.97 Å².